The molecule has 25 heavy (non-hydrogen) atoms. The van der Waals surface area contributed by atoms with Gasteiger partial charge in [-0.2, -0.15) is 4.98 Å². The van der Waals surface area contributed by atoms with E-state index in [0.29, 0.717) is 23.1 Å². The predicted molar refractivity (Wildman–Crippen MR) is 95.6 cm³/mol. The summed E-state index contributed by atoms with van der Waals surface area (Å²) in [5.74, 6) is -0.554. The Balaban J connectivity index is 1.80. The average Bonchev–Trinajstić information content (AvgIpc) is 2.60. The molecule has 0 aliphatic carbocycles. The SMILES string of the molecule is Nc1nc(NC[C@H](O)Cc2ccccc2)c2cc(C(=O)O)ccc2n1. The van der Waals surface area contributed by atoms with E-state index in [2.05, 4.69) is 15.3 Å². The maximum absolute atomic E-state index is 11.2. The Morgan fingerprint density at radius 1 is 1.16 bits per heavy atom. The molecule has 1 aromatic heterocycles. The summed E-state index contributed by atoms with van der Waals surface area (Å²) in [5.41, 5.74) is 7.41. The first kappa shape index (κ1) is 16.7. The van der Waals surface area contributed by atoms with Crippen LogP contribution in [0.25, 0.3) is 10.9 Å². The number of carboxylic acid groups (broad SMARTS) is 1. The number of aliphatic hydroxyl groups excluding tert-OH is 1. The first-order valence-corrected chi connectivity index (χ1v) is 7.79. The van der Waals surface area contributed by atoms with Crippen molar-refractivity contribution in [2.45, 2.75) is 12.5 Å². The molecular weight excluding hydrogens is 320 g/mol. The van der Waals surface area contributed by atoms with E-state index in [1.54, 1.807) is 6.07 Å². The van der Waals surface area contributed by atoms with Gasteiger partial charge in [0.05, 0.1) is 17.2 Å². The Labute approximate surface area is 144 Å². The van der Waals surface area contributed by atoms with Crippen molar-refractivity contribution < 1.29 is 15.0 Å². The lowest BCUT2D eigenvalue weighted by molar-refractivity contribution is 0.0697. The van der Waals surface area contributed by atoms with Crippen molar-refractivity contribution in [2.24, 2.45) is 0 Å². The Bertz CT molecular complexity index is 899. The number of carboxylic acids is 1. The number of aromatic nitrogens is 2. The second kappa shape index (κ2) is 7.14. The van der Waals surface area contributed by atoms with Crippen molar-refractivity contribution in [3.63, 3.8) is 0 Å². The Kier molecular flexibility index (Phi) is 4.76. The van der Waals surface area contributed by atoms with E-state index in [0.717, 1.165) is 5.56 Å². The minimum atomic E-state index is -1.03. The lowest BCUT2D eigenvalue weighted by Crippen LogP contribution is -2.22. The van der Waals surface area contributed by atoms with Crippen molar-refractivity contribution in [1.82, 2.24) is 9.97 Å². The fourth-order valence-corrected chi connectivity index (χ4v) is 2.59. The molecule has 0 radical (unpaired) electrons. The maximum atomic E-state index is 11.2. The molecular formula is C18H18N4O3. The smallest absolute Gasteiger partial charge is 0.335 e. The van der Waals surface area contributed by atoms with Crippen LogP contribution in [0, 0.1) is 0 Å². The van der Waals surface area contributed by atoms with Gasteiger partial charge in [-0.1, -0.05) is 30.3 Å². The molecule has 0 unspecified atom stereocenters. The van der Waals surface area contributed by atoms with Gasteiger partial charge in [0.1, 0.15) is 5.82 Å². The maximum Gasteiger partial charge on any atom is 0.335 e. The molecule has 1 atom stereocenters. The molecule has 0 saturated heterocycles. The van der Waals surface area contributed by atoms with Gasteiger partial charge in [0.2, 0.25) is 5.95 Å². The highest BCUT2D eigenvalue weighted by atomic mass is 16.4. The van der Waals surface area contributed by atoms with Crippen molar-refractivity contribution in [2.75, 3.05) is 17.6 Å². The number of benzene rings is 2. The molecule has 0 fully saturated rings. The number of aromatic carboxylic acids is 1. The minimum Gasteiger partial charge on any atom is -0.478 e. The fourth-order valence-electron chi connectivity index (χ4n) is 2.59. The molecule has 3 rings (SSSR count). The Morgan fingerprint density at radius 3 is 2.64 bits per heavy atom. The zero-order chi connectivity index (χ0) is 17.8. The van der Waals surface area contributed by atoms with E-state index in [9.17, 15) is 9.90 Å². The topological polar surface area (TPSA) is 121 Å². The van der Waals surface area contributed by atoms with Crippen molar-refractivity contribution in [3.05, 3.63) is 59.7 Å². The lowest BCUT2D eigenvalue weighted by atomic mass is 10.1. The van der Waals surface area contributed by atoms with Crippen LogP contribution in [-0.4, -0.2) is 38.8 Å². The summed E-state index contributed by atoms with van der Waals surface area (Å²) in [6, 6.07) is 14.2. The molecule has 0 amide bonds. The van der Waals surface area contributed by atoms with Gasteiger partial charge in [-0.25, -0.2) is 9.78 Å². The van der Waals surface area contributed by atoms with Crippen LogP contribution in [0.4, 0.5) is 11.8 Å². The van der Waals surface area contributed by atoms with E-state index in [1.807, 2.05) is 30.3 Å². The zero-order valence-electron chi connectivity index (χ0n) is 13.4. The summed E-state index contributed by atoms with van der Waals surface area (Å²) in [4.78, 5) is 19.4. The zero-order valence-corrected chi connectivity index (χ0v) is 13.4. The number of fused-ring (bicyclic) bond motifs is 1. The number of nitrogens with one attached hydrogen (secondary N) is 1. The summed E-state index contributed by atoms with van der Waals surface area (Å²) < 4.78 is 0. The third-order valence-electron chi connectivity index (χ3n) is 3.78. The first-order valence-electron chi connectivity index (χ1n) is 7.79. The molecule has 0 bridgehead atoms. The van der Waals surface area contributed by atoms with E-state index in [-0.39, 0.29) is 18.1 Å². The van der Waals surface area contributed by atoms with Gasteiger partial charge >= 0.3 is 5.97 Å². The summed E-state index contributed by atoms with van der Waals surface area (Å²) in [6.07, 6.45) is -0.136. The number of carbonyl (C=O) groups is 1. The van der Waals surface area contributed by atoms with E-state index < -0.39 is 12.1 Å². The van der Waals surface area contributed by atoms with Crippen molar-refractivity contribution in [1.29, 1.82) is 0 Å². The van der Waals surface area contributed by atoms with Gasteiger partial charge in [0.25, 0.3) is 0 Å². The molecule has 0 aliphatic rings. The summed E-state index contributed by atoms with van der Waals surface area (Å²) >= 11 is 0. The van der Waals surface area contributed by atoms with Crippen LogP contribution in [0.5, 0.6) is 0 Å². The largest absolute Gasteiger partial charge is 0.478 e. The number of nitrogen functional groups attached to an aromatic ring is 1. The van der Waals surface area contributed by atoms with E-state index >= 15 is 0 Å². The van der Waals surface area contributed by atoms with Crippen LogP contribution in [0.15, 0.2) is 48.5 Å². The van der Waals surface area contributed by atoms with Crippen LogP contribution in [0.3, 0.4) is 0 Å². The summed E-state index contributed by atoms with van der Waals surface area (Å²) in [7, 11) is 0. The third kappa shape index (κ3) is 4.02. The van der Waals surface area contributed by atoms with Gasteiger partial charge in [-0.3, -0.25) is 0 Å². The molecule has 3 aromatic rings. The highest BCUT2D eigenvalue weighted by Crippen LogP contribution is 2.23. The molecule has 7 heteroatoms. The molecule has 0 spiro atoms. The Hall–Kier alpha value is -3.19. The number of nitrogens with two attached hydrogens (primary N) is 1. The number of anilines is 2. The molecule has 7 nitrogen and oxygen atoms in total. The van der Waals surface area contributed by atoms with E-state index in [1.165, 1.54) is 12.1 Å². The second-order valence-corrected chi connectivity index (χ2v) is 5.69. The van der Waals surface area contributed by atoms with Crippen LogP contribution >= 0.6 is 0 Å². The molecule has 5 N–H and O–H groups in total. The number of hydrogen-bond acceptors (Lipinski definition) is 6. The summed E-state index contributed by atoms with van der Waals surface area (Å²) in [6.45, 7) is 0.248. The van der Waals surface area contributed by atoms with Crippen LogP contribution in [0.1, 0.15) is 15.9 Å². The number of hydrogen-bond donors (Lipinski definition) is 4. The van der Waals surface area contributed by atoms with Crippen LogP contribution < -0.4 is 11.1 Å². The average molecular weight is 338 g/mol. The van der Waals surface area contributed by atoms with Crippen LogP contribution in [-0.2, 0) is 6.42 Å². The highest BCUT2D eigenvalue weighted by Gasteiger charge is 2.12. The number of nitrogens with zero attached hydrogens (tertiary/aromatic N) is 2. The number of aliphatic hydroxyl groups is 1. The second-order valence-electron chi connectivity index (χ2n) is 5.69. The molecule has 1 heterocycles. The van der Waals surface area contributed by atoms with E-state index in [4.69, 9.17) is 10.8 Å². The normalized spacial score (nSPS) is 12.0. The molecule has 0 saturated carbocycles. The standard InChI is InChI=1S/C18H18N4O3/c19-18-21-15-7-6-12(17(24)25)9-14(15)16(22-18)20-10-13(23)8-11-4-2-1-3-5-11/h1-7,9,13,23H,8,10H2,(H,24,25)(H3,19,20,21,22)/t13-/m1/s1. The van der Waals surface area contributed by atoms with Gasteiger partial charge in [-0.15, -0.1) is 0 Å². The quantitative estimate of drug-likeness (QED) is 0.542. The van der Waals surface area contributed by atoms with Gasteiger partial charge < -0.3 is 21.3 Å². The third-order valence-corrected chi connectivity index (χ3v) is 3.78. The van der Waals surface area contributed by atoms with Crippen molar-refractivity contribution in [3.8, 4) is 0 Å². The predicted octanol–water partition coefficient (Wildman–Crippen LogP) is 1.93. The number of rotatable bonds is 6. The van der Waals surface area contributed by atoms with Crippen LogP contribution in [0.2, 0.25) is 0 Å². The monoisotopic (exact) mass is 338 g/mol. The van der Waals surface area contributed by atoms with Gasteiger partial charge in [0.15, 0.2) is 0 Å². The highest BCUT2D eigenvalue weighted by molar-refractivity contribution is 5.97. The Morgan fingerprint density at radius 2 is 1.92 bits per heavy atom. The van der Waals surface area contributed by atoms with Gasteiger partial charge in [-0.05, 0) is 23.8 Å². The summed E-state index contributed by atoms with van der Waals surface area (Å²) in [5, 5.41) is 22.9. The minimum absolute atomic E-state index is 0.0793. The molecule has 0 aliphatic heterocycles. The lowest BCUT2D eigenvalue weighted by Gasteiger charge is -2.14. The van der Waals surface area contributed by atoms with Gasteiger partial charge in [0, 0.05) is 18.4 Å². The molecule has 2 aromatic carbocycles. The van der Waals surface area contributed by atoms with Crippen molar-refractivity contribution >= 4 is 28.6 Å². The fraction of sp³-hybridized carbons (Fsp3) is 0.167. The molecule has 128 valence electrons. The first-order chi connectivity index (χ1) is 12.0.